The third kappa shape index (κ3) is 4.17. The van der Waals surface area contributed by atoms with Gasteiger partial charge in [-0.25, -0.2) is 4.98 Å². The third-order valence-electron chi connectivity index (χ3n) is 3.85. The molecule has 1 fully saturated rings. The van der Waals surface area contributed by atoms with E-state index < -0.39 is 11.2 Å². The van der Waals surface area contributed by atoms with E-state index in [1.165, 1.54) is 31.9 Å². The lowest BCUT2D eigenvalue weighted by atomic mass is 9.92. The molecule has 0 bridgehead atoms. The Kier molecular flexibility index (Phi) is 5.40. The summed E-state index contributed by atoms with van der Waals surface area (Å²) in [6.45, 7) is 0. The first-order valence-electron chi connectivity index (χ1n) is 6.99. The molecular formula is C13H20F3N3S. The van der Waals surface area contributed by atoms with Gasteiger partial charge in [0.2, 0.25) is 0 Å². The summed E-state index contributed by atoms with van der Waals surface area (Å²) in [7, 11) is 0. The van der Waals surface area contributed by atoms with Crippen LogP contribution in [0.15, 0.2) is 6.20 Å². The van der Waals surface area contributed by atoms with Gasteiger partial charge in [-0.3, -0.25) is 11.3 Å². The molecule has 0 radical (unpaired) electrons. The summed E-state index contributed by atoms with van der Waals surface area (Å²) in [6, 6.07) is -0.230. The molecule has 1 heterocycles. The van der Waals surface area contributed by atoms with E-state index in [0.717, 1.165) is 19.3 Å². The third-order valence-corrected chi connectivity index (χ3v) is 5.01. The molecule has 1 aromatic heterocycles. The summed E-state index contributed by atoms with van der Waals surface area (Å²) < 4.78 is 37.7. The van der Waals surface area contributed by atoms with E-state index in [9.17, 15) is 13.2 Å². The molecule has 1 saturated carbocycles. The molecule has 20 heavy (non-hydrogen) atoms. The summed E-state index contributed by atoms with van der Waals surface area (Å²) in [6.07, 6.45) is 4.93. The Bertz CT molecular complexity index is 411. The average Bonchev–Trinajstić information content (AvgIpc) is 2.75. The van der Waals surface area contributed by atoms with Gasteiger partial charge in [0.1, 0.15) is 0 Å². The van der Waals surface area contributed by atoms with Crippen molar-refractivity contribution >= 4 is 11.3 Å². The molecule has 1 aliphatic carbocycles. The fourth-order valence-electron chi connectivity index (χ4n) is 2.78. The number of aromatic nitrogens is 1. The zero-order valence-corrected chi connectivity index (χ0v) is 12.1. The Morgan fingerprint density at radius 1 is 1.30 bits per heavy atom. The Morgan fingerprint density at radius 2 is 1.95 bits per heavy atom. The smallest absolute Gasteiger partial charge is 0.271 e. The Balaban J connectivity index is 2.02. The van der Waals surface area contributed by atoms with Crippen LogP contribution in [0.25, 0.3) is 0 Å². The van der Waals surface area contributed by atoms with Gasteiger partial charge in [-0.2, -0.15) is 13.2 Å². The minimum atomic E-state index is -4.37. The summed E-state index contributed by atoms with van der Waals surface area (Å²) in [5.41, 5.74) is 2.65. The predicted molar refractivity (Wildman–Crippen MR) is 73.0 cm³/mol. The van der Waals surface area contributed by atoms with E-state index in [0.29, 0.717) is 22.1 Å². The molecule has 114 valence electrons. The van der Waals surface area contributed by atoms with Gasteiger partial charge < -0.3 is 0 Å². The molecule has 0 saturated heterocycles. The van der Waals surface area contributed by atoms with E-state index in [4.69, 9.17) is 5.84 Å². The van der Waals surface area contributed by atoms with Crippen molar-refractivity contribution in [2.45, 2.75) is 57.2 Å². The largest absolute Gasteiger partial charge is 0.443 e. The van der Waals surface area contributed by atoms with Crippen LogP contribution in [0.1, 0.15) is 60.9 Å². The lowest BCUT2D eigenvalue weighted by Gasteiger charge is -2.20. The number of rotatable bonds is 4. The monoisotopic (exact) mass is 307 g/mol. The molecule has 0 amide bonds. The number of nitrogens with zero attached hydrogens (tertiary/aromatic N) is 1. The number of hydrogen-bond donors (Lipinski definition) is 2. The first-order chi connectivity index (χ1) is 9.50. The number of hydrazine groups is 1. The topological polar surface area (TPSA) is 50.9 Å². The Morgan fingerprint density at radius 3 is 2.45 bits per heavy atom. The van der Waals surface area contributed by atoms with Crippen LogP contribution in [0.3, 0.4) is 0 Å². The first-order valence-corrected chi connectivity index (χ1v) is 7.81. The number of alkyl halides is 3. The van der Waals surface area contributed by atoms with Crippen molar-refractivity contribution in [1.29, 1.82) is 0 Å². The Labute approximate surface area is 120 Å². The SMILES string of the molecule is NNC(CC1CCCCCC1)c1cnc(C(F)(F)F)s1. The average molecular weight is 307 g/mol. The normalized spacial score (nSPS) is 19.8. The lowest BCUT2D eigenvalue weighted by Crippen LogP contribution is -2.29. The maximum atomic E-state index is 12.6. The molecule has 2 rings (SSSR count). The van der Waals surface area contributed by atoms with Crippen molar-refractivity contribution in [2.24, 2.45) is 11.8 Å². The van der Waals surface area contributed by atoms with Gasteiger partial charge >= 0.3 is 6.18 Å². The highest BCUT2D eigenvalue weighted by atomic mass is 32.1. The highest BCUT2D eigenvalue weighted by molar-refractivity contribution is 7.11. The van der Waals surface area contributed by atoms with E-state index in [2.05, 4.69) is 10.4 Å². The second-order valence-electron chi connectivity index (χ2n) is 5.38. The second kappa shape index (κ2) is 6.87. The molecule has 0 aliphatic heterocycles. The maximum Gasteiger partial charge on any atom is 0.443 e. The summed E-state index contributed by atoms with van der Waals surface area (Å²) in [5.74, 6) is 6.06. The van der Waals surface area contributed by atoms with Crippen LogP contribution in [0, 0.1) is 5.92 Å². The van der Waals surface area contributed by atoms with Crippen LogP contribution in [0.4, 0.5) is 13.2 Å². The predicted octanol–water partition coefficient (Wildman–Crippen LogP) is 4.03. The van der Waals surface area contributed by atoms with Crippen molar-refractivity contribution in [2.75, 3.05) is 0 Å². The lowest BCUT2D eigenvalue weighted by molar-refractivity contribution is -0.137. The zero-order chi connectivity index (χ0) is 14.6. The quantitative estimate of drug-likeness (QED) is 0.502. The molecule has 7 heteroatoms. The van der Waals surface area contributed by atoms with Gasteiger partial charge in [0.05, 0.1) is 6.04 Å². The first kappa shape index (κ1) is 15.7. The van der Waals surface area contributed by atoms with Gasteiger partial charge in [-0.15, -0.1) is 11.3 Å². The highest BCUT2D eigenvalue weighted by Crippen LogP contribution is 2.37. The van der Waals surface area contributed by atoms with Gasteiger partial charge in [-0.1, -0.05) is 38.5 Å². The molecule has 0 spiro atoms. The van der Waals surface area contributed by atoms with Crippen molar-refractivity contribution < 1.29 is 13.2 Å². The number of nitrogens with one attached hydrogen (secondary N) is 1. The van der Waals surface area contributed by atoms with Gasteiger partial charge in [0.15, 0.2) is 5.01 Å². The van der Waals surface area contributed by atoms with E-state index in [1.54, 1.807) is 0 Å². The van der Waals surface area contributed by atoms with Crippen molar-refractivity contribution in [3.63, 3.8) is 0 Å². The van der Waals surface area contributed by atoms with Crippen LogP contribution in [-0.4, -0.2) is 4.98 Å². The molecule has 1 aliphatic rings. The Hall–Kier alpha value is -0.660. The van der Waals surface area contributed by atoms with E-state index in [-0.39, 0.29) is 6.04 Å². The molecule has 1 unspecified atom stereocenters. The molecule has 1 aromatic rings. The second-order valence-corrected chi connectivity index (χ2v) is 6.44. The van der Waals surface area contributed by atoms with E-state index >= 15 is 0 Å². The van der Waals surface area contributed by atoms with Crippen molar-refractivity contribution in [1.82, 2.24) is 10.4 Å². The minimum Gasteiger partial charge on any atom is -0.271 e. The fourth-order valence-corrected chi connectivity index (χ4v) is 3.63. The summed E-state index contributed by atoms with van der Waals surface area (Å²) in [5, 5.41) is -0.798. The maximum absolute atomic E-state index is 12.6. The van der Waals surface area contributed by atoms with Crippen LogP contribution >= 0.6 is 11.3 Å². The van der Waals surface area contributed by atoms with Gasteiger partial charge in [0.25, 0.3) is 0 Å². The number of hydrogen-bond acceptors (Lipinski definition) is 4. The number of nitrogens with two attached hydrogens (primary N) is 1. The summed E-state index contributed by atoms with van der Waals surface area (Å²) >= 11 is 0.688. The summed E-state index contributed by atoms with van der Waals surface area (Å²) in [4.78, 5) is 4.04. The van der Waals surface area contributed by atoms with Crippen LogP contribution in [0.2, 0.25) is 0 Å². The van der Waals surface area contributed by atoms with Crippen molar-refractivity contribution in [3.8, 4) is 0 Å². The number of halogens is 3. The van der Waals surface area contributed by atoms with Crippen LogP contribution in [-0.2, 0) is 6.18 Å². The highest BCUT2D eigenvalue weighted by Gasteiger charge is 2.35. The fraction of sp³-hybridized carbons (Fsp3) is 0.769. The molecule has 3 N–H and O–H groups in total. The van der Waals surface area contributed by atoms with E-state index in [1.807, 2.05) is 0 Å². The van der Waals surface area contributed by atoms with Crippen LogP contribution in [0.5, 0.6) is 0 Å². The van der Waals surface area contributed by atoms with Crippen LogP contribution < -0.4 is 11.3 Å². The minimum absolute atomic E-state index is 0.230. The van der Waals surface area contributed by atoms with Gasteiger partial charge in [0, 0.05) is 11.1 Å². The van der Waals surface area contributed by atoms with Gasteiger partial charge in [-0.05, 0) is 12.3 Å². The number of thiazole rings is 1. The molecule has 1 atom stereocenters. The standard InChI is InChI=1S/C13H20F3N3S/c14-13(15,16)12-18-8-11(20-12)10(19-17)7-9-5-3-1-2-4-6-9/h8-10,19H,1-7,17H2. The molecular weight excluding hydrogens is 287 g/mol. The molecule has 3 nitrogen and oxygen atoms in total. The molecule has 0 aromatic carbocycles. The van der Waals surface area contributed by atoms with Crippen molar-refractivity contribution in [3.05, 3.63) is 16.1 Å². The zero-order valence-electron chi connectivity index (χ0n) is 11.2.